The fourth-order valence-electron chi connectivity index (χ4n) is 3.17. The number of ether oxygens (including phenoxy) is 1. The van der Waals surface area contributed by atoms with Gasteiger partial charge in [-0.05, 0) is 43.9 Å². The number of nitrogens with zero attached hydrogens (tertiary/aromatic N) is 1. The minimum absolute atomic E-state index is 0. The second kappa shape index (κ2) is 9.59. The number of nitrogens with one attached hydrogen (secondary N) is 1. The minimum Gasteiger partial charge on any atom is -0.381 e. The Labute approximate surface area is 155 Å². The van der Waals surface area contributed by atoms with E-state index in [1.54, 1.807) is 7.11 Å². The molecule has 2 atom stereocenters. The third kappa shape index (κ3) is 5.33. The molecule has 1 heterocycles. The average Bonchev–Trinajstić information content (AvgIpc) is 2.51. The van der Waals surface area contributed by atoms with E-state index in [9.17, 15) is 4.79 Å². The van der Waals surface area contributed by atoms with Crippen molar-refractivity contribution in [3.05, 3.63) is 28.3 Å². The van der Waals surface area contributed by atoms with Crippen LogP contribution in [0.4, 0.5) is 5.69 Å². The van der Waals surface area contributed by atoms with Crippen LogP contribution in [0.2, 0.25) is 5.02 Å². The number of nitrogens with two attached hydrogens (primary N) is 1. The van der Waals surface area contributed by atoms with E-state index in [2.05, 4.69) is 10.2 Å². The van der Waals surface area contributed by atoms with Crippen LogP contribution < -0.4 is 11.1 Å². The lowest BCUT2D eigenvalue weighted by molar-refractivity contribution is -0.118. The van der Waals surface area contributed by atoms with E-state index < -0.39 is 0 Å². The molecule has 1 aromatic rings. The Morgan fingerprint density at radius 2 is 2.17 bits per heavy atom. The van der Waals surface area contributed by atoms with E-state index in [0.29, 0.717) is 23.8 Å². The lowest BCUT2D eigenvalue weighted by Crippen LogP contribution is -2.51. The van der Waals surface area contributed by atoms with Gasteiger partial charge in [-0.3, -0.25) is 9.69 Å². The van der Waals surface area contributed by atoms with E-state index in [4.69, 9.17) is 22.1 Å². The summed E-state index contributed by atoms with van der Waals surface area (Å²) in [6.45, 7) is 5.59. The Hall–Kier alpha value is -0.850. The summed E-state index contributed by atoms with van der Waals surface area (Å²) in [5.74, 6) is -0.0619. The predicted octanol–water partition coefficient (Wildman–Crippen LogP) is 2.76. The molecule has 2 unspecified atom stereocenters. The molecule has 24 heavy (non-hydrogen) atoms. The Morgan fingerprint density at radius 1 is 1.46 bits per heavy atom. The number of hydrogen-bond acceptors (Lipinski definition) is 4. The number of piperidine rings is 1. The van der Waals surface area contributed by atoms with Crippen molar-refractivity contribution in [2.24, 2.45) is 5.73 Å². The summed E-state index contributed by atoms with van der Waals surface area (Å²) in [7, 11) is 1.72. The number of anilines is 1. The lowest BCUT2D eigenvalue weighted by Gasteiger charge is -2.38. The van der Waals surface area contributed by atoms with Crippen LogP contribution in [0.5, 0.6) is 0 Å². The summed E-state index contributed by atoms with van der Waals surface area (Å²) >= 11 is 6.25. The van der Waals surface area contributed by atoms with Gasteiger partial charge in [0.05, 0.1) is 23.4 Å². The highest BCUT2D eigenvalue weighted by atomic mass is 35.5. The third-order valence-electron chi connectivity index (χ3n) is 4.44. The highest BCUT2D eigenvalue weighted by molar-refractivity contribution is 6.34. The monoisotopic (exact) mass is 375 g/mol. The maximum atomic E-state index is 12.4. The van der Waals surface area contributed by atoms with Gasteiger partial charge >= 0.3 is 0 Å². The van der Waals surface area contributed by atoms with Gasteiger partial charge in [0.25, 0.3) is 0 Å². The molecule has 0 bridgehead atoms. The predicted molar refractivity (Wildman–Crippen MR) is 101 cm³/mol. The summed E-state index contributed by atoms with van der Waals surface area (Å²) < 4.78 is 5.41. The van der Waals surface area contributed by atoms with Crippen LogP contribution in [0, 0.1) is 13.8 Å². The van der Waals surface area contributed by atoms with Gasteiger partial charge in [-0.1, -0.05) is 17.7 Å². The van der Waals surface area contributed by atoms with Crippen molar-refractivity contribution in [3.63, 3.8) is 0 Å². The largest absolute Gasteiger partial charge is 0.381 e. The molecule has 136 valence electrons. The van der Waals surface area contributed by atoms with Gasteiger partial charge in [0, 0.05) is 26.2 Å². The quantitative estimate of drug-likeness (QED) is 0.829. The number of carbonyl (C=O) groups is 1. The number of methoxy groups -OCH3 is 1. The van der Waals surface area contributed by atoms with E-state index in [1.807, 2.05) is 26.0 Å². The molecule has 0 aliphatic carbocycles. The first-order chi connectivity index (χ1) is 10.9. The van der Waals surface area contributed by atoms with Crippen LogP contribution in [-0.2, 0) is 9.53 Å². The molecular weight excluding hydrogens is 349 g/mol. The topological polar surface area (TPSA) is 67.6 Å². The number of amides is 1. The van der Waals surface area contributed by atoms with Crippen molar-refractivity contribution >= 4 is 35.6 Å². The lowest BCUT2D eigenvalue weighted by atomic mass is 9.99. The van der Waals surface area contributed by atoms with Crippen LogP contribution in [0.3, 0.4) is 0 Å². The second-order valence-electron chi connectivity index (χ2n) is 6.23. The van der Waals surface area contributed by atoms with Gasteiger partial charge in [-0.2, -0.15) is 0 Å². The smallest absolute Gasteiger partial charge is 0.238 e. The zero-order valence-electron chi connectivity index (χ0n) is 14.5. The number of rotatable bonds is 5. The zero-order valence-corrected chi connectivity index (χ0v) is 16.0. The summed E-state index contributed by atoms with van der Waals surface area (Å²) in [6.07, 6.45) is 2.02. The fraction of sp³-hybridized carbons (Fsp3) is 0.588. The molecule has 1 aliphatic heterocycles. The molecular formula is C17H27Cl2N3O2. The first kappa shape index (κ1) is 21.2. The Bertz CT molecular complexity index is 546. The molecule has 0 spiro atoms. The van der Waals surface area contributed by atoms with Gasteiger partial charge in [-0.15, -0.1) is 12.4 Å². The Morgan fingerprint density at radius 3 is 2.75 bits per heavy atom. The molecule has 0 saturated carbocycles. The molecule has 5 nitrogen and oxygen atoms in total. The summed E-state index contributed by atoms with van der Waals surface area (Å²) in [6, 6.07) is 4.04. The summed E-state index contributed by atoms with van der Waals surface area (Å²) in [4.78, 5) is 14.5. The molecule has 1 saturated heterocycles. The van der Waals surface area contributed by atoms with Crippen molar-refractivity contribution in [2.45, 2.75) is 38.8 Å². The van der Waals surface area contributed by atoms with Crippen LogP contribution in [0.15, 0.2) is 12.1 Å². The summed E-state index contributed by atoms with van der Waals surface area (Å²) in [5.41, 5.74) is 8.59. The Kier molecular flexibility index (Phi) is 8.46. The molecule has 1 aliphatic rings. The van der Waals surface area contributed by atoms with E-state index in [1.165, 1.54) is 0 Å². The first-order valence-corrected chi connectivity index (χ1v) is 8.36. The Balaban J connectivity index is 0.00000288. The molecule has 2 rings (SSSR count). The van der Waals surface area contributed by atoms with Crippen molar-refractivity contribution in [1.29, 1.82) is 0 Å². The van der Waals surface area contributed by atoms with Crippen LogP contribution in [0.25, 0.3) is 0 Å². The van der Waals surface area contributed by atoms with Crippen LogP contribution in [0.1, 0.15) is 24.0 Å². The van der Waals surface area contributed by atoms with Crippen molar-refractivity contribution in [1.82, 2.24) is 4.90 Å². The normalized spacial score (nSPS) is 21.2. The van der Waals surface area contributed by atoms with Gasteiger partial charge in [-0.25, -0.2) is 0 Å². The van der Waals surface area contributed by atoms with E-state index in [-0.39, 0.29) is 30.5 Å². The first-order valence-electron chi connectivity index (χ1n) is 7.98. The van der Waals surface area contributed by atoms with Gasteiger partial charge in [0.15, 0.2) is 0 Å². The molecule has 3 N–H and O–H groups in total. The molecule has 7 heteroatoms. The number of likely N-dealkylation sites (tertiary alicyclic amines) is 1. The highest BCUT2D eigenvalue weighted by Crippen LogP contribution is 2.27. The van der Waals surface area contributed by atoms with Crippen molar-refractivity contribution in [3.8, 4) is 0 Å². The zero-order chi connectivity index (χ0) is 17.0. The van der Waals surface area contributed by atoms with Gasteiger partial charge in [0.1, 0.15) is 0 Å². The van der Waals surface area contributed by atoms with E-state index >= 15 is 0 Å². The van der Waals surface area contributed by atoms with Crippen molar-refractivity contribution in [2.75, 3.05) is 32.1 Å². The van der Waals surface area contributed by atoms with Crippen LogP contribution >= 0.6 is 24.0 Å². The van der Waals surface area contributed by atoms with E-state index in [0.717, 1.165) is 30.5 Å². The number of carbonyl (C=O) groups excluding carboxylic acids is 1. The number of aryl methyl sites for hydroxylation is 2. The van der Waals surface area contributed by atoms with Crippen LogP contribution in [-0.4, -0.2) is 49.7 Å². The van der Waals surface area contributed by atoms with Crippen molar-refractivity contribution < 1.29 is 9.53 Å². The third-order valence-corrected chi connectivity index (χ3v) is 4.74. The molecule has 1 fully saturated rings. The van der Waals surface area contributed by atoms with Gasteiger partial charge < -0.3 is 15.8 Å². The average molecular weight is 376 g/mol. The maximum absolute atomic E-state index is 12.4. The SMILES string of the molecule is COC1CCN(CC(=O)Nc2c(C)cc(C)cc2Cl)C(CN)C1.Cl. The fourth-order valence-corrected chi connectivity index (χ4v) is 3.54. The number of hydrogen-bond donors (Lipinski definition) is 2. The second-order valence-corrected chi connectivity index (χ2v) is 6.64. The standard InChI is InChI=1S/C17H26ClN3O2.ClH/c1-11-6-12(2)17(15(18)7-11)20-16(22)10-21-5-4-14(23-3)8-13(21)9-19;/h6-7,13-14H,4-5,8-10,19H2,1-3H3,(H,20,22);1H. The summed E-state index contributed by atoms with van der Waals surface area (Å²) in [5, 5.41) is 3.51. The molecule has 1 amide bonds. The number of halogens is 2. The molecule has 0 radical (unpaired) electrons. The highest BCUT2D eigenvalue weighted by Gasteiger charge is 2.28. The molecule has 0 aromatic heterocycles. The minimum atomic E-state index is -0.0619. The van der Waals surface area contributed by atoms with Gasteiger partial charge in [0.2, 0.25) is 5.91 Å². The maximum Gasteiger partial charge on any atom is 0.238 e. The number of benzene rings is 1. The molecule has 1 aromatic carbocycles.